The van der Waals surface area contributed by atoms with Gasteiger partial charge in [-0.2, -0.15) is 0 Å². The summed E-state index contributed by atoms with van der Waals surface area (Å²) in [5, 5.41) is 8.94. The molecule has 0 aliphatic rings. The third-order valence-corrected chi connectivity index (χ3v) is 11.3. The summed E-state index contributed by atoms with van der Waals surface area (Å²) in [5.74, 6) is 0. The van der Waals surface area contributed by atoms with Crippen molar-refractivity contribution in [1.29, 1.82) is 0 Å². The molecule has 0 aliphatic heterocycles. The van der Waals surface area contributed by atoms with Crippen molar-refractivity contribution < 1.29 is 13.3 Å². The first-order valence-electron chi connectivity index (χ1n) is 18.9. The zero-order valence-electron chi connectivity index (χ0n) is 30.1. The van der Waals surface area contributed by atoms with Gasteiger partial charge < -0.3 is 18.2 Å². The summed E-state index contributed by atoms with van der Waals surface area (Å²) in [6.07, 6.45) is 0. The zero-order valence-corrected chi connectivity index (χ0v) is 30.1. The Kier molecular flexibility index (Phi) is 6.60. The molecule has 0 saturated heterocycles. The largest absolute Gasteiger partial charge is 0.456 e. The van der Waals surface area contributed by atoms with Crippen LogP contribution in [-0.2, 0) is 0 Å². The predicted octanol–water partition coefficient (Wildman–Crippen LogP) is 15.3. The summed E-state index contributed by atoms with van der Waals surface area (Å²) < 4.78 is 19.3. The Morgan fingerprint density at radius 2 is 0.821 bits per heavy atom. The van der Waals surface area contributed by atoms with Crippen LogP contribution in [0.3, 0.4) is 0 Å². The molecule has 0 atom stereocenters. The quantitative estimate of drug-likeness (QED) is 0.178. The molecule has 12 rings (SSSR count). The SMILES string of the molecule is c1ccc2c(-c3ccc(N(c4ccc(-c5cccc6oc7ccc8c9ccccc9oc8c7c56)cc4)c4ccc5c(c4)oc4ccccc45)cc3)cccc2c1. The molecular formula is C52H31NO3. The number of rotatable bonds is 5. The van der Waals surface area contributed by atoms with Gasteiger partial charge in [0.25, 0.3) is 0 Å². The third kappa shape index (κ3) is 4.66. The number of hydrogen-bond donors (Lipinski definition) is 0. The molecule has 0 amide bonds. The number of para-hydroxylation sites is 2. The number of nitrogens with zero attached hydrogens (tertiary/aromatic N) is 1. The standard InChI is InChI=1S/C52H31NO3/c1-2-11-38-32(9-1)10-7-14-39(38)33-19-23-35(24-20-33)53(37-27-28-43-41-12-3-5-16-45(41)54-49(43)31-37)36-25-21-34(22-26-36)40-15-8-18-47-50(40)51-48(55-47)30-29-44-42-13-4-6-17-46(42)56-52(44)51/h1-31H. The maximum Gasteiger partial charge on any atom is 0.147 e. The minimum absolute atomic E-state index is 0.815. The van der Waals surface area contributed by atoms with E-state index in [9.17, 15) is 0 Å². The second kappa shape index (κ2) is 12.0. The Morgan fingerprint density at radius 3 is 1.61 bits per heavy atom. The fourth-order valence-electron chi connectivity index (χ4n) is 8.68. The lowest BCUT2D eigenvalue weighted by Gasteiger charge is -2.26. The topological polar surface area (TPSA) is 42.7 Å². The lowest BCUT2D eigenvalue weighted by Crippen LogP contribution is -2.09. The summed E-state index contributed by atoms with van der Waals surface area (Å²) in [6.45, 7) is 0. The molecule has 0 bridgehead atoms. The molecule has 0 fully saturated rings. The normalized spacial score (nSPS) is 11.9. The Balaban J connectivity index is 1.00. The minimum Gasteiger partial charge on any atom is -0.456 e. The van der Waals surface area contributed by atoms with Gasteiger partial charge in [0, 0.05) is 50.1 Å². The van der Waals surface area contributed by atoms with Gasteiger partial charge in [-0.15, -0.1) is 0 Å². The van der Waals surface area contributed by atoms with Gasteiger partial charge in [-0.3, -0.25) is 0 Å². The highest BCUT2D eigenvalue weighted by Gasteiger charge is 2.20. The van der Waals surface area contributed by atoms with Crippen LogP contribution in [0.4, 0.5) is 17.1 Å². The van der Waals surface area contributed by atoms with Crippen LogP contribution < -0.4 is 4.90 Å². The number of benzene rings is 9. The number of furan rings is 3. The maximum absolute atomic E-state index is 6.50. The monoisotopic (exact) mass is 717 g/mol. The van der Waals surface area contributed by atoms with Crippen molar-refractivity contribution in [3.8, 4) is 22.3 Å². The van der Waals surface area contributed by atoms with Gasteiger partial charge in [0.05, 0.1) is 5.39 Å². The zero-order chi connectivity index (χ0) is 36.7. The molecule has 0 N–H and O–H groups in total. The van der Waals surface area contributed by atoms with Crippen molar-refractivity contribution in [2.24, 2.45) is 0 Å². The van der Waals surface area contributed by atoms with Crippen LogP contribution in [0.25, 0.3) is 98.8 Å². The van der Waals surface area contributed by atoms with E-state index in [0.29, 0.717) is 0 Å². The van der Waals surface area contributed by atoms with Crippen LogP contribution >= 0.6 is 0 Å². The summed E-state index contributed by atoms with van der Waals surface area (Å²) in [4.78, 5) is 2.30. The van der Waals surface area contributed by atoms with E-state index in [1.807, 2.05) is 30.3 Å². The van der Waals surface area contributed by atoms with Crippen LogP contribution in [-0.4, -0.2) is 0 Å². The molecule has 4 nitrogen and oxygen atoms in total. The third-order valence-electron chi connectivity index (χ3n) is 11.3. The molecule has 3 heterocycles. The van der Waals surface area contributed by atoms with E-state index in [1.165, 1.54) is 21.9 Å². The Bertz CT molecular complexity index is 3470. The van der Waals surface area contributed by atoms with E-state index in [1.54, 1.807) is 0 Å². The van der Waals surface area contributed by atoms with Crippen molar-refractivity contribution in [3.63, 3.8) is 0 Å². The van der Waals surface area contributed by atoms with Crippen LogP contribution in [0.1, 0.15) is 0 Å². The molecule has 3 aromatic heterocycles. The van der Waals surface area contributed by atoms with Gasteiger partial charge in [-0.1, -0.05) is 115 Å². The second-order valence-electron chi connectivity index (χ2n) is 14.4. The van der Waals surface area contributed by atoms with Gasteiger partial charge in [0.1, 0.15) is 33.5 Å². The first kappa shape index (κ1) is 30.9. The average Bonchev–Trinajstić information content (AvgIpc) is 3.95. The van der Waals surface area contributed by atoms with Crippen LogP contribution in [0.2, 0.25) is 0 Å². The number of hydrogen-bond acceptors (Lipinski definition) is 4. The van der Waals surface area contributed by atoms with Gasteiger partial charge in [-0.25, -0.2) is 0 Å². The van der Waals surface area contributed by atoms with Crippen molar-refractivity contribution >= 4 is 93.7 Å². The molecule has 0 unspecified atom stereocenters. The van der Waals surface area contributed by atoms with Gasteiger partial charge >= 0.3 is 0 Å². The van der Waals surface area contributed by atoms with E-state index in [4.69, 9.17) is 13.3 Å². The molecule has 262 valence electrons. The highest BCUT2D eigenvalue weighted by molar-refractivity contribution is 6.24. The maximum atomic E-state index is 6.50. The molecule has 0 radical (unpaired) electrons. The van der Waals surface area contributed by atoms with E-state index in [0.717, 1.165) is 94.0 Å². The predicted molar refractivity (Wildman–Crippen MR) is 231 cm³/mol. The highest BCUT2D eigenvalue weighted by Crippen LogP contribution is 2.44. The molecule has 9 aromatic carbocycles. The lowest BCUT2D eigenvalue weighted by molar-refractivity contribution is 0.663. The Morgan fingerprint density at radius 1 is 0.304 bits per heavy atom. The van der Waals surface area contributed by atoms with Crippen molar-refractivity contribution in [1.82, 2.24) is 0 Å². The van der Waals surface area contributed by atoms with Crippen molar-refractivity contribution in [2.75, 3.05) is 4.90 Å². The van der Waals surface area contributed by atoms with E-state index >= 15 is 0 Å². The van der Waals surface area contributed by atoms with Crippen LogP contribution in [0.5, 0.6) is 0 Å². The van der Waals surface area contributed by atoms with E-state index in [2.05, 4.69) is 163 Å². The van der Waals surface area contributed by atoms with Gasteiger partial charge in [0.2, 0.25) is 0 Å². The molecule has 0 aliphatic carbocycles. The van der Waals surface area contributed by atoms with E-state index in [-0.39, 0.29) is 0 Å². The fourth-order valence-corrected chi connectivity index (χ4v) is 8.68. The highest BCUT2D eigenvalue weighted by atomic mass is 16.3. The molecule has 56 heavy (non-hydrogen) atoms. The minimum atomic E-state index is 0.815. The second-order valence-corrected chi connectivity index (χ2v) is 14.4. The summed E-state index contributed by atoms with van der Waals surface area (Å²) in [5.41, 5.74) is 12.8. The smallest absolute Gasteiger partial charge is 0.147 e. The first-order chi connectivity index (χ1) is 27.7. The molecule has 0 saturated carbocycles. The number of anilines is 3. The Labute approximate surface area is 321 Å². The van der Waals surface area contributed by atoms with Crippen LogP contribution in [0.15, 0.2) is 201 Å². The van der Waals surface area contributed by atoms with Crippen molar-refractivity contribution in [3.05, 3.63) is 188 Å². The Hall–Kier alpha value is -7.56. The van der Waals surface area contributed by atoms with E-state index < -0.39 is 0 Å². The average molecular weight is 718 g/mol. The molecule has 12 aromatic rings. The first-order valence-corrected chi connectivity index (χ1v) is 18.9. The lowest BCUT2D eigenvalue weighted by atomic mass is 9.97. The van der Waals surface area contributed by atoms with Gasteiger partial charge in [-0.05, 0) is 99.8 Å². The summed E-state index contributed by atoms with van der Waals surface area (Å²) in [6, 6.07) is 66.1. The molecular weight excluding hydrogens is 687 g/mol. The van der Waals surface area contributed by atoms with Gasteiger partial charge in [0.15, 0.2) is 0 Å². The van der Waals surface area contributed by atoms with Crippen molar-refractivity contribution in [2.45, 2.75) is 0 Å². The van der Waals surface area contributed by atoms with Crippen LogP contribution in [0, 0.1) is 0 Å². The number of fused-ring (bicyclic) bond motifs is 11. The summed E-state index contributed by atoms with van der Waals surface area (Å²) in [7, 11) is 0. The fraction of sp³-hybridized carbons (Fsp3) is 0. The molecule has 4 heteroatoms. The molecule has 0 spiro atoms. The summed E-state index contributed by atoms with van der Waals surface area (Å²) >= 11 is 0.